The molecule has 0 saturated carbocycles. The molecule has 0 aliphatic rings. The number of pyridine rings is 1. The van der Waals surface area contributed by atoms with Crippen molar-refractivity contribution in [2.24, 2.45) is 0 Å². The van der Waals surface area contributed by atoms with Crippen molar-refractivity contribution in [3.63, 3.8) is 0 Å². The molecular weight excluding hydrogens is 417 g/mol. The molecular formula is C24H19Cl2N3O. The minimum atomic E-state index is -0.226. The van der Waals surface area contributed by atoms with Gasteiger partial charge in [0.25, 0.3) is 0 Å². The summed E-state index contributed by atoms with van der Waals surface area (Å²) in [7, 11) is 0. The summed E-state index contributed by atoms with van der Waals surface area (Å²) in [5.41, 5.74) is 2.91. The normalized spacial score (nSPS) is 10.0. The number of carbonyl (C=O) groups excluding carboxylic acids is 1. The summed E-state index contributed by atoms with van der Waals surface area (Å²) < 4.78 is 0. The summed E-state index contributed by atoms with van der Waals surface area (Å²) in [5, 5.41) is 0.556. The molecule has 2 amide bonds. The number of anilines is 4. The first kappa shape index (κ1) is 21.4. The van der Waals surface area contributed by atoms with Crippen LogP contribution in [0, 0.1) is 0 Å². The van der Waals surface area contributed by atoms with E-state index in [0.29, 0.717) is 16.4 Å². The van der Waals surface area contributed by atoms with Gasteiger partial charge < -0.3 is 0 Å². The summed E-state index contributed by atoms with van der Waals surface area (Å²) in [5.74, 6) is 0. The van der Waals surface area contributed by atoms with Crippen molar-refractivity contribution in [3.8, 4) is 0 Å². The Bertz CT molecular complexity index is 1050. The minimum absolute atomic E-state index is 0. The average molecular weight is 436 g/mol. The van der Waals surface area contributed by atoms with Gasteiger partial charge in [-0.1, -0.05) is 54.1 Å². The first-order chi connectivity index (χ1) is 14.2. The van der Waals surface area contributed by atoms with Gasteiger partial charge in [-0.2, -0.15) is 0 Å². The van der Waals surface area contributed by atoms with E-state index < -0.39 is 0 Å². The number of para-hydroxylation sites is 2. The standard InChI is InChI=1S/C24H18ClN3O.ClH/c25-19-8-7-13-23(18-19)28(22-14-16-26-17-15-22)24(29)27(20-9-3-1-4-10-20)21-11-5-2-6-12-21;/h1-18H;1H. The zero-order chi connectivity index (χ0) is 20.1. The molecule has 0 aliphatic heterocycles. The van der Waals surface area contributed by atoms with E-state index in [9.17, 15) is 4.79 Å². The van der Waals surface area contributed by atoms with Gasteiger partial charge in [-0.05, 0) is 54.6 Å². The summed E-state index contributed by atoms with van der Waals surface area (Å²) in [6.45, 7) is 0. The van der Waals surface area contributed by atoms with Crippen molar-refractivity contribution in [1.82, 2.24) is 4.98 Å². The van der Waals surface area contributed by atoms with Gasteiger partial charge in [-0.25, -0.2) is 4.79 Å². The van der Waals surface area contributed by atoms with Gasteiger partial charge in [-0.3, -0.25) is 14.8 Å². The van der Waals surface area contributed by atoms with Crippen LogP contribution in [0.5, 0.6) is 0 Å². The van der Waals surface area contributed by atoms with Crippen molar-refractivity contribution < 1.29 is 4.79 Å². The molecule has 4 rings (SSSR count). The van der Waals surface area contributed by atoms with Gasteiger partial charge in [0.1, 0.15) is 0 Å². The van der Waals surface area contributed by atoms with Crippen LogP contribution in [0.25, 0.3) is 0 Å². The Morgan fingerprint density at radius 3 is 1.63 bits per heavy atom. The van der Waals surface area contributed by atoms with Crippen molar-refractivity contribution in [2.75, 3.05) is 9.80 Å². The maximum absolute atomic E-state index is 13.9. The highest BCUT2D eigenvalue weighted by Gasteiger charge is 2.26. The van der Waals surface area contributed by atoms with Crippen molar-refractivity contribution in [1.29, 1.82) is 0 Å². The molecule has 6 heteroatoms. The quantitative estimate of drug-likeness (QED) is 0.338. The van der Waals surface area contributed by atoms with Crippen LogP contribution < -0.4 is 9.80 Å². The van der Waals surface area contributed by atoms with Gasteiger partial charge >= 0.3 is 6.03 Å². The molecule has 1 heterocycles. The number of benzene rings is 3. The molecule has 4 aromatic rings. The van der Waals surface area contributed by atoms with Gasteiger partial charge in [0, 0.05) is 17.4 Å². The predicted octanol–water partition coefficient (Wildman–Crippen LogP) is 7.25. The molecule has 0 unspecified atom stereocenters. The molecule has 0 fully saturated rings. The van der Waals surface area contributed by atoms with Gasteiger partial charge in [0.2, 0.25) is 0 Å². The Labute approximate surface area is 186 Å². The molecule has 0 aliphatic carbocycles. The number of amides is 2. The number of halogens is 2. The van der Waals surface area contributed by atoms with E-state index in [4.69, 9.17) is 11.6 Å². The Morgan fingerprint density at radius 1 is 0.633 bits per heavy atom. The van der Waals surface area contributed by atoms with Crippen molar-refractivity contribution in [3.05, 3.63) is 114 Å². The Hall–Kier alpha value is -3.34. The smallest absolute Gasteiger partial charge is 0.265 e. The van der Waals surface area contributed by atoms with Crippen LogP contribution in [0.3, 0.4) is 0 Å². The number of aromatic nitrogens is 1. The summed E-state index contributed by atoms with van der Waals surface area (Å²) in [6, 6.07) is 29.8. The molecule has 0 bridgehead atoms. The van der Waals surface area contributed by atoms with Crippen LogP contribution in [-0.2, 0) is 0 Å². The van der Waals surface area contributed by atoms with Crippen LogP contribution >= 0.6 is 24.0 Å². The van der Waals surface area contributed by atoms with E-state index >= 15 is 0 Å². The second-order valence-corrected chi connectivity index (χ2v) is 6.75. The first-order valence-corrected chi connectivity index (χ1v) is 9.52. The Morgan fingerprint density at radius 2 is 1.10 bits per heavy atom. The van der Waals surface area contributed by atoms with Crippen molar-refractivity contribution in [2.45, 2.75) is 0 Å². The predicted molar refractivity (Wildman–Crippen MR) is 125 cm³/mol. The van der Waals surface area contributed by atoms with Gasteiger partial charge in [0.15, 0.2) is 0 Å². The van der Waals surface area contributed by atoms with Crippen LogP contribution in [0.2, 0.25) is 5.02 Å². The van der Waals surface area contributed by atoms with E-state index in [1.165, 1.54) is 0 Å². The maximum atomic E-state index is 13.9. The fraction of sp³-hybridized carbons (Fsp3) is 0. The third kappa shape index (κ3) is 4.62. The SMILES string of the molecule is Cl.O=C(N(c1ccccc1)c1ccccc1)N(c1ccncc1)c1cccc(Cl)c1. The summed E-state index contributed by atoms with van der Waals surface area (Å²) in [4.78, 5) is 21.3. The molecule has 0 N–H and O–H groups in total. The van der Waals surface area contributed by atoms with Gasteiger partial charge in [0.05, 0.1) is 22.7 Å². The van der Waals surface area contributed by atoms with E-state index in [1.807, 2.05) is 72.8 Å². The molecule has 1 aromatic heterocycles. The highest BCUT2D eigenvalue weighted by molar-refractivity contribution is 6.31. The number of carbonyl (C=O) groups is 1. The molecule has 4 nitrogen and oxygen atoms in total. The maximum Gasteiger partial charge on any atom is 0.338 e. The second-order valence-electron chi connectivity index (χ2n) is 6.31. The molecule has 0 saturated heterocycles. The highest BCUT2D eigenvalue weighted by Crippen LogP contribution is 2.33. The fourth-order valence-corrected chi connectivity index (χ4v) is 3.29. The molecule has 3 aromatic carbocycles. The Kier molecular flexibility index (Phi) is 7.07. The second kappa shape index (κ2) is 9.92. The topological polar surface area (TPSA) is 36.4 Å². The third-order valence-electron chi connectivity index (χ3n) is 4.40. The van der Waals surface area contributed by atoms with E-state index in [-0.39, 0.29) is 18.4 Å². The summed E-state index contributed by atoms with van der Waals surface area (Å²) in [6.07, 6.45) is 3.32. The van der Waals surface area contributed by atoms with Crippen LogP contribution in [-0.4, -0.2) is 11.0 Å². The van der Waals surface area contributed by atoms with E-state index in [1.54, 1.807) is 46.5 Å². The fourth-order valence-electron chi connectivity index (χ4n) is 3.10. The minimum Gasteiger partial charge on any atom is -0.265 e. The monoisotopic (exact) mass is 435 g/mol. The zero-order valence-electron chi connectivity index (χ0n) is 15.9. The van der Waals surface area contributed by atoms with Crippen molar-refractivity contribution >= 4 is 52.8 Å². The molecule has 0 spiro atoms. The van der Waals surface area contributed by atoms with E-state index in [0.717, 1.165) is 11.4 Å². The Balaban J connectivity index is 0.00000256. The average Bonchev–Trinajstić information content (AvgIpc) is 2.76. The third-order valence-corrected chi connectivity index (χ3v) is 4.63. The highest BCUT2D eigenvalue weighted by atomic mass is 35.5. The van der Waals surface area contributed by atoms with Crippen LogP contribution in [0.15, 0.2) is 109 Å². The largest absolute Gasteiger partial charge is 0.338 e. The summed E-state index contributed by atoms with van der Waals surface area (Å²) >= 11 is 6.23. The lowest BCUT2D eigenvalue weighted by atomic mass is 10.2. The zero-order valence-corrected chi connectivity index (χ0v) is 17.5. The lowest BCUT2D eigenvalue weighted by Gasteiger charge is -2.31. The molecule has 0 radical (unpaired) electrons. The number of rotatable bonds is 4. The van der Waals surface area contributed by atoms with E-state index in [2.05, 4.69) is 4.98 Å². The first-order valence-electron chi connectivity index (χ1n) is 9.14. The number of urea groups is 1. The number of hydrogen-bond donors (Lipinski definition) is 0. The van der Waals surface area contributed by atoms with Gasteiger partial charge in [-0.15, -0.1) is 12.4 Å². The number of hydrogen-bond acceptors (Lipinski definition) is 2. The number of nitrogens with zero attached hydrogens (tertiary/aromatic N) is 3. The molecule has 150 valence electrons. The molecule has 0 atom stereocenters. The lowest BCUT2D eigenvalue weighted by Crippen LogP contribution is -2.38. The van der Waals surface area contributed by atoms with Crippen LogP contribution in [0.4, 0.5) is 27.5 Å². The molecule has 30 heavy (non-hydrogen) atoms. The lowest BCUT2D eigenvalue weighted by molar-refractivity contribution is 0.255. The van der Waals surface area contributed by atoms with Crippen LogP contribution in [0.1, 0.15) is 0 Å².